The first-order valence-corrected chi connectivity index (χ1v) is 13.0. The second kappa shape index (κ2) is 8.64. The Kier molecular flexibility index (Phi) is 5.42. The van der Waals surface area contributed by atoms with Gasteiger partial charge in [-0.2, -0.15) is 13.2 Å². The Balaban J connectivity index is 1.25. The third-order valence-electron chi connectivity index (χ3n) is 8.39. The van der Waals surface area contributed by atoms with Gasteiger partial charge in [-0.05, 0) is 66.6 Å². The number of hydrogen-bond acceptors (Lipinski definition) is 6. The SMILES string of the molecule is Cn1cnnc1[C@H](c1cccc(-c2nc3cc(CN4CCC5(CC5)C4)cc(C(F)(F)F)c3o2)c1)C1COC1. The number of ether oxygens (including phenoxy) is 1. The fourth-order valence-corrected chi connectivity index (χ4v) is 6.04. The highest BCUT2D eigenvalue weighted by molar-refractivity contribution is 5.81. The Morgan fingerprint density at radius 2 is 1.97 bits per heavy atom. The number of rotatable bonds is 6. The number of likely N-dealkylation sites (tertiary alicyclic amines) is 1. The van der Waals surface area contributed by atoms with Crippen LogP contribution in [0.1, 0.15) is 47.7 Å². The first kappa shape index (κ1) is 23.8. The molecule has 1 saturated carbocycles. The largest absolute Gasteiger partial charge is 0.435 e. The molecule has 38 heavy (non-hydrogen) atoms. The van der Waals surface area contributed by atoms with Crippen LogP contribution >= 0.6 is 0 Å². The van der Waals surface area contributed by atoms with Crippen LogP contribution in [0, 0.1) is 11.3 Å². The van der Waals surface area contributed by atoms with Crippen LogP contribution in [0.25, 0.3) is 22.6 Å². The van der Waals surface area contributed by atoms with Crippen molar-refractivity contribution >= 4 is 11.1 Å². The van der Waals surface area contributed by atoms with Crippen molar-refractivity contribution < 1.29 is 22.3 Å². The summed E-state index contributed by atoms with van der Waals surface area (Å²) < 4.78 is 55.5. The number of fused-ring (bicyclic) bond motifs is 1. The van der Waals surface area contributed by atoms with Gasteiger partial charge in [-0.1, -0.05) is 12.1 Å². The molecule has 7 rings (SSSR count). The molecule has 0 radical (unpaired) electrons. The summed E-state index contributed by atoms with van der Waals surface area (Å²) in [6, 6.07) is 10.6. The highest BCUT2D eigenvalue weighted by Gasteiger charge is 2.47. The van der Waals surface area contributed by atoms with Crippen LogP contribution in [-0.4, -0.2) is 51.0 Å². The van der Waals surface area contributed by atoms with Crippen molar-refractivity contribution in [3.63, 3.8) is 0 Å². The minimum atomic E-state index is -4.55. The van der Waals surface area contributed by atoms with E-state index in [-0.39, 0.29) is 28.8 Å². The third-order valence-corrected chi connectivity index (χ3v) is 8.39. The second-order valence-corrected chi connectivity index (χ2v) is 11.2. The van der Waals surface area contributed by atoms with Crippen molar-refractivity contribution in [1.82, 2.24) is 24.6 Å². The summed E-state index contributed by atoms with van der Waals surface area (Å²) in [6.45, 7) is 3.60. The predicted molar refractivity (Wildman–Crippen MR) is 133 cm³/mol. The fraction of sp³-hybridized carbons (Fsp3) is 0.464. The molecule has 0 amide bonds. The smallest absolute Gasteiger partial charge is 0.420 e. The van der Waals surface area contributed by atoms with Crippen molar-refractivity contribution in [3.05, 3.63) is 65.2 Å². The molecule has 4 heterocycles. The summed E-state index contributed by atoms with van der Waals surface area (Å²) in [5, 5.41) is 8.36. The first-order valence-electron chi connectivity index (χ1n) is 13.0. The van der Waals surface area contributed by atoms with Crippen molar-refractivity contribution in [2.24, 2.45) is 18.4 Å². The molecule has 0 unspecified atom stereocenters. The van der Waals surface area contributed by atoms with E-state index in [2.05, 4.69) is 20.1 Å². The molecule has 1 atom stereocenters. The van der Waals surface area contributed by atoms with Crippen LogP contribution in [0.15, 0.2) is 47.1 Å². The number of hydrogen-bond donors (Lipinski definition) is 0. The van der Waals surface area contributed by atoms with E-state index in [1.54, 1.807) is 12.4 Å². The molecule has 1 spiro atoms. The highest BCUT2D eigenvalue weighted by Crippen LogP contribution is 2.53. The van der Waals surface area contributed by atoms with E-state index in [4.69, 9.17) is 9.15 Å². The molecule has 0 N–H and O–H groups in total. The maximum atomic E-state index is 14.1. The van der Waals surface area contributed by atoms with Gasteiger partial charge in [0.25, 0.3) is 0 Å². The number of halogens is 3. The molecule has 2 aromatic heterocycles. The lowest BCUT2D eigenvalue weighted by atomic mass is 9.83. The molecule has 7 nitrogen and oxygen atoms in total. The predicted octanol–water partition coefficient (Wildman–Crippen LogP) is 5.41. The van der Waals surface area contributed by atoms with Gasteiger partial charge in [0.15, 0.2) is 5.58 Å². The number of aryl methyl sites for hydroxylation is 1. The van der Waals surface area contributed by atoms with Gasteiger partial charge < -0.3 is 13.7 Å². The summed E-state index contributed by atoms with van der Waals surface area (Å²) in [4.78, 5) is 6.81. The van der Waals surface area contributed by atoms with Crippen LogP contribution in [0.4, 0.5) is 13.2 Å². The van der Waals surface area contributed by atoms with Gasteiger partial charge in [0.05, 0.1) is 19.1 Å². The number of nitrogens with zero attached hydrogens (tertiary/aromatic N) is 5. The Morgan fingerprint density at radius 3 is 2.63 bits per heavy atom. The minimum absolute atomic E-state index is 0.0619. The Labute approximate surface area is 217 Å². The minimum Gasteiger partial charge on any atom is -0.435 e. The van der Waals surface area contributed by atoms with Crippen molar-refractivity contribution in [2.75, 3.05) is 26.3 Å². The lowest BCUT2D eigenvalue weighted by Crippen LogP contribution is -2.34. The lowest BCUT2D eigenvalue weighted by Gasteiger charge is -2.33. The standard InChI is InChI=1S/C28H28F3N5O2/c1-35-16-32-34-25(35)23(20-13-37-14-20)18-3-2-4-19(11-18)26-33-22-10-17(9-21(24(22)38-26)28(29,30)31)12-36-8-7-27(15-36)5-6-27/h2-4,9-11,16,20,23H,5-8,12-15H2,1H3/t23-/m1/s1. The zero-order chi connectivity index (χ0) is 26.1. The van der Waals surface area contributed by atoms with Crippen LogP contribution in [0.2, 0.25) is 0 Å². The summed E-state index contributed by atoms with van der Waals surface area (Å²) in [5.74, 6) is 1.15. The van der Waals surface area contributed by atoms with Crippen molar-refractivity contribution in [2.45, 2.75) is 37.9 Å². The molecule has 2 saturated heterocycles. The monoisotopic (exact) mass is 523 g/mol. The maximum absolute atomic E-state index is 14.1. The maximum Gasteiger partial charge on any atom is 0.420 e. The average molecular weight is 524 g/mol. The van der Waals surface area contributed by atoms with Crippen molar-refractivity contribution in [3.8, 4) is 11.5 Å². The van der Waals surface area contributed by atoms with Gasteiger partial charge in [-0.15, -0.1) is 10.2 Å². The zero-order valence-corrected chi connectivity index (χ0v) is 21.0. The normalized spacial score (nSPS) is 20.3. The average Bonchev–Trinajstić information content (AvgIpc) is 3.15. The lowest BCUT2D eigenvalue weighted by molar-refractivity contribution is -0.136. The third kappa shape index (κ3) is 4.19. The first-order chi connectivity index (χ1) is 18.3. The van der Waals surface area contributed by atoms with E-state index in [0.29, 0.717) is 36.3 Å². The molecule has 10 heteroatoms. The van der Waals surface area contributed by atoms with Gasteiger partial charge in [0, 0.05) is 31.6 Å². The number of benzene rings is 2. The molecular weight excluding hydrogens is 495 g/mol. The van der Waals surface area contributed by atoms with Gasteiger partial charge >= 0.3 is 6.18 Å². The van der Waals surface area contributed by atoms with Gasteiger partial charge in [-0.3, -0.25) is 4.90 Å². The molecule has 2 aromatic carbocycles. The number of aromatic nitrogens is 4. The topological polar surface area (TPSA) is 69.2 Å². The van der Waals surface area contributed by atoms with Gasteiger partial charge in [-0.25, -0.2) is 4.98 Å². The molecule has 2 aliphatic heterocycles. The quantitative estimate of drug-likeness (QED) is 0.337. The van der Waals surface area contributed by atoms with Crippen LogP contribution in [0.5, 0.6) is 0 Å². The second-order valence-electron chi connectivity index (χ2n) is 11.2. The molecule has 3 fully saturated rings. The summed E-state index contributed by atoms with van der Waals surface area (Å²) in [5.41, 5.74) is 1.85. The van der Waals surface area contributed by atoms with E-state index >= 15 is 0 Å². The molecular formula is C28H28F3N5O2. The summed E-state index contributed by atoms with van der Waals surface area (Å²) in [7, 11) is 1.90. The van der Waals surface area contributed by atoms with Crippen LogP contribution in [0.3, 0.4) is 0 Å². The molecule has 0 bridgehead atoms. The van der Waals surface area contributed by atoms with Crippen LogP contribution < -0.4 is 0 Å². The van der Waals surface area contributed by atoms with Crippen LogP contribution in [-0.2, 0) is 24.5 Å². The van der Waals surface area contributed by atoms with E-state index in [0.717, 1.165) is 30.9 Å². The molecule has 1 aliphatic carbocycles. The van der Waals surface area contributed by atoms with Crippen molar-refractivity contribution in [1.29, 1.82) is 0 Å². The summed E-state index contributed by atoms with van der Waals surface area (Å²) >= 11 is 0. The van der Waals surface area contributed by atoms with Gasteiger partial charge in [0.1, 0.15) is 23.2 Å². The highest BCUT2D eigenvalue weighted by atomic mass is 19.4. The Morgan fingerprint density at radius 1 is 1.13 bits per heavy atom. The van der Waals surface area contributed by atoms with E-state index < -0.39 is 11.7 Å². The Hall–Kier alpha value is -3.24. The molecule has 3 aliphatic rings. The Bertz CT molecular complexity index is 1500. The number of alkyl halides is 3. The van der Waals surface area contributed by atoms with E-state index in [1.165, 1.54) is 18.9 Å². The van der Waals surface area contributed by atoms with Gasteiger partial charge in [0.2, 0.25) is 5.89 Å². The fourth-order valence-electron chi connectivity index (χ4n) is 6.04. The number of oxazole rings is 1. The molecule has 198 valence electrons. The van der Waals surface area contributed by atoms with E-state index in [9.17, 15) is 13.2 Å². The zero-order valence-electron chi connectivity index (χ0n) is 21.0. The molecule has 4 aromatic rings. The van der Waals surface area contributed by atoms with E-state index in [1.807, 2.05) is 35.9 Å². The summed E-state index contributed by atoms with van der Waals surface area (Å²) in [6.07, 6.45) is 0.709.